The van der Waals surface area contributed by atoms with E-state index in [1.54, 1.807) is 0 Å². The van der Waals surface area contributed by atoms with Crippen LogP contribution in [0.15, 0.2) is 0 Å². The molecule has 0 aromatic rings. The van der Waals surface area contributed by atoms with Crippen LogP contribution < -0.4 is 5.32 Å². The highest BCUT2D eigenvalue weighted by molar-refractivity contribution is 5.85. The third-order valence-electron chi connectivity index (χ3n) is 4.74. The minimum Gasteiger partial charge on any atom is -0.481 e. The average Bonchev–Trinajstić information content (AvgIpc) is 2.80. The average molecular weight is 283 g/mol. The lowest BCUT2D eigenvalue weighted by Gasteiger charge is -2.36. The normalized spacial score (nSPS) is 36.4. The van der Waals surface area contributed by atoms with E-state index in [1.807, 2.05) is 6.92 Å². The summed E-state index contributed by atoms with van der Waals surface area (Å²) in [5, 5.41) is 12.3. The standard InChI is InChI=1S/C15H25NO4/c1-3-9-5-12(13(6-9)15(18)19)14(17)16-10-7-11(8-10)20-4-2/h9-13H,3-8H2,1-2H3,(H,16,17)(H,18,19). The number of nitrogens with one attached hydrogen (secondary N) is 1. The van der Waals surface area contributed by atoms with E-state index in [2.05, 4.69) is 12.2 Å². The Hall–Kier alpha value is -1.10. The lowest BCUT2D eigenvalue weighted by atomic mass is 9.87. The fourth-order valence-corrected chi connectivity index (χ4v) is 3.40. The van der Waals surface area contributed by atoms with Gasteiger partial charge >= 0.3 is 5.97 Å². The maximum atomic E-state index is 12.3. The van der Waals surface area contributed by atoms with Crippen LogP contribution in [0.1, 0.15) is 46.0 Å². The van der Waals surface area contributed by atoms with Crippen molar-refractivity contribution in [1.29, 1.82) is 0 Å². The Morgan fingerprint density at radius 3 is 2.35 bits per heavy atom. The number of rotatable bonds is 6. The van der Waals surface area contributed by atoms with Gasteiger partial charge in [-0.05, 0) is 38.5 Å². The predicted octanol–water partition coefficient (Wildman–Crippen LogP) is 1.81. The molecule has 0 aromatic heterocycles. The Morgan fingerprint density at radius 1 is 1.15 bits per heavy atom. The molecule has 0 aliphatic heterocycles. The van der Waals surface area contributed by atoms with Crippen LogP contribution in [0.25, 0.3) is 0 Å². The zero-order valence-corrected chi connectivity index (χ0v) is 12.3. The van der Waals surface area contributed by atoms with Gasteiger partial charge in [-0.3, -0.25) is 9.59 Å². The summed E-state index contributed by atoms with van der Waals surface area (Å²) in [6, 6.07) is 0.161. The SMILES string of the molecule is CCOC1CC(NC(=O)C2CC(CC)CC2C(=O)O)C1. The second-order valence-corrected chi connectivity index (χ2v) is 6.05. The number of carbonyl (C=O) groups excluding carboxylic acids is 1. The number of ether oxygens (including phenoxy) is 1. The first-order valence-corrected chi connectivity index (χ1v) is 7.69. The molecule has 5 heteroatoms. The van der Waals surface area contributed by atoms with E-state index in [1.165, 1.54) is 0 Å². The molecule has 0 saturated heterocycles. The van der Waals surface area contributed by atoms with Crippen molar-refractivity contribution < 1.29 is 19.4 Å². The zero-order valence-electron chi connectivity index (χ0n) is 12.3. The first-order valence-electron chi connectivity index (χ1n) is 7.69. The van der Waals surface area contributed by atoms with Crippen LogP contribution in [-0.4, -0.2) is 35.7 Å². The van der Waals surface area contributed by atoms with Gasteiger partial charge in [0.1, 0.15) is 0 Å². The highest BCUT2D eigenvalue weighted by atomic mass is 16.5. The minimum absolute atomic E-state index is 0.0756. The highest BCUT2D eigenvalue weighted by Crippen LogP contribution is 2.39. The molecule has 0 radical (unpaired) electrons. The van der Waals surface area contributed by atoms with Crippen molar-refractivity contribution in [1.82, 2.24) is 5.32 Å². The van der Waals surface area contributed by atoms with Crippen LogP contribution in [-0.2, 0) is 14.3 Å². The largest absolute Gasteiger partial charge is 0.481 e. The van der Waals surface area contributed by atoms with Gasteiger partial charge in [-0.2, -0.15) is 0 Å². The molecule has 2 N–H and O–H groups in total. The molecule has 20 heavy (non-hydrogen) atoms. The minimum atomic E-state index is -0.832. The lowest BCUT2D eigenvalue weighted by molar-refractivity contribution is -0.146. The third kappa shape index (κ3) is 3.32. The summed E-state index contributed by atoms with van der Waals surface area (Å²) in [7, 11) is 0. The van der Waals surface area contributed by atoms with E-state index in [0.29, 0.717) is 25.4 Å². The summed E-state index contributed by atoms with van der Waals surface area (Å²) in [5.41, 5.74) is 0. The molecular weight excluding hydrogens is 258 g/mol. The smallest absolute Gasteiger partial charge is 0.307 e. The summed E-state index contributed by atoms with van der Waals surface area (Å²) in [5.74, 6) is -1.41. The van der Waals surface area contributed by atoms with Gasteiger partial charge in [0, 0.05) is 12.6 Å². The molecule has 2 saturated carbocycles. The number of carbonyl (C=O) groups is 2. The Morgan fingerprint density at radius 2 is 1.80 bits per heavy atom. The van der Waals surface area contributed by atoms with Crippen molar-refractivity contribution in [2.24, 2.45) is 17.8 Å². The van der Waals surface area contributed by atoms with Crippen molar-refractivity contribution in [3.05, 3.63) is 0 Å². The summed E-state index contributed by atoms with van der Waals surface area (Å²) in [6.45, 7) is 4.72. The number of aliphatic carboxylic acids is 1. The molecule has 0 heterocycles. The molecule has 0 aromatic carbocycles. The molecular formula is C15H25NO4. The molecule has 114 valence electrons. The van der Waals surface area contributed by atoms with Gasteiger partial charge < -0.3 is 15.2 Å². The maximum Gasteiger partial charge on any atom is 0.307 e. The fraction of sp³-hybridized carbons (Fsp3) is 0.867. The van der Waals surface area contributed by atoms with Gasteiger partial charge in [0.25, 0.3) is 0 Å². The Balaban J connectivity index is 1.84. The Kier molecular flexibility index (Phi) is 5.02. The Bertz CT molecular complexity index is 365. The van der Waals surface area contributed by atoms with Gasteiger partial charge in [0.05, 0.1) is 17.9 Å². The Labute approximate surface area is 120 Å². The van der Waals surface area contributed by atoms with Crippen molar-refractivity contribution in [2.45, 2.75) is 58.1 Å². The van der Waals surface area contributed by atoms with Crippen molar-refractivity contribution in [2.75, 3.05) is 6.61 Å². The van der Waals surface area contributed by atoms with Crippen molar-refractivity contribution >= 4 is 11.9 Å². The van der Waals surface area contributed by atoms with E-state index in [4.69, 9.17) is 4.74 Å². The summed E-state index contributed by atoms with van der Waals surface area (Å²) in [4.78, 5) is 23.6. The first kappa shape index (κ1) is 15.3. The van der Waals surface area contributed by atoms with Crippen LogP contribution in [0.5, 0.6) is 0 Å². The van der Waals surface area contributed by atoms with Crippen LogP contribution in [0, 0.1) is 17.8 Å². The number of carboxylic acids is 1. The molecule has 2 rings (SSSR count). The van der Waals surface area contributed by atoms with E-state index < -0.39 is 11.9 Å². The van der Waals surface area contributed by atoms with Gasteiger partial charge in [0.2, 0.25) is 5.91 Å². The number of hydrogen-bond donors (Lipinski definition) is 2. The second-order valence-electron chi connectivity index (χ2n) is 6.05. The highest BCUT2D eigenvalue weighted by Gasteiger charge is 2.43. The number of amides is 1. The maximum absolute atomic E-state index is 12.3. The van der Waals surface area contributed by atoms with Crippen molar-refractivity contribution in [3.8, 4) is 0 Å². The topological polar surface area (TPSA) is 75.6 Å². The van der Waals surface area contributed by atoms with Gasteiger partial charge in [0.15, 0.2) is 0 Å². The fourth-order valence-electron chi connectivity index (χ4n) is 3.40. The van der Waals surface area contributed by atoms with Crippen LogP contribution in [0.3, 0.4) is 0 Å². The molecule has 5 nitrogen and oxygen atoms in total. The quantitative estimate of drug-likeness (QED) is 0.779. The monoisotopic (exact) mass is 283 g/mol. The van der Waals surface area contributed by atoms with E-state index in [-0.39, 0.29) is 24.0 Å². The predicted molar refractivity (Wildman–Crippen MR) is 74.2 cm³/mol. The van der Waals surface area contributed by atoms with E-state index in [9.17, 15) is 14.7 Å². The molecule has 2 aliphatic carbocycles. The molecule has 0 bridgehead atoms. The molecule has 1 amide bonds. The molecule has 3 unspecified atom stereocenters. The number of carboxylic acid groups (broad SMARTS) is 1. The molecule has 3 atom stereocenters. The van der Waals surface area contributed by atoms with Crippen LogP contribution >= 0.6 is 0 Å². The molecule has 2 fully saturated rings. The summed E-state index contributed by atoms with van der Waals surface area (Å²) >= 11 is 0. The third-order valence-corrected chi connectivity index (χ3v) is 4.74. The van der Waals surface area contributed by atoms with Crippen LogP contribution in [0.4, 0.5) is 0 Å². The molecule has 0 spiro atoms. The lowest BCUT2D eigenvalue weighted by Crippen LogP contribution is -2.50. The summed E-state index contributed by atoms with van der Waals surface area (Å²) in [6.07, 6.45) is 4.25. The zero-order chi connectivity index (χ0) is 14.7. The van der Waals surface area contributed by atoms with Gasteiger partial charge in [-0.15, -0.1) is 0 Å². The van der Waals surface area contributed by atoms with Gasteiger partial charge in [-0.1, -0.05) is 13.3 Å². The van der Waals surface area contributed by atoms with Crippen molar-refractivity contribution in [3.63, 3.8) is 0 Å². The number of hydrogen-bond acceptors (Lipinski definition) is 3. The second kappa shape index (κ2) is 6.57. The first-order chi connectivity index (χ1) is 9.55. The van der Waals surface area contributed by atoms with Gasteiger partial charge in [-0.25, -0.2) is 0 Å². The summed E-state index contributed by atoms with van der Waals surface area (Å²) < 4.78 is 5.46. The van der Waals surface area contributed by atoms with Crippen LogP contribution in [0.2, 0.25) is 0 Å². The van der Waals surface area contributed by atoms with E-state index >= 15 is 0 Å². The van der Waals surface area contributed by atoms with E-state index in [0.717, 1.165) is 19.3 Å². The molecule has 2 aliphatic rings.